The Morgan fingerprint density at radius 3 is 2.46 bits per heavy atom. The summed E-state index contributed by atoms with van der Waals surface area (Å²) in [6.07, 6.45) is 1.44. The van der Waals surface area contributed by atoms with E-state index >= 15 is 0 Å². The molecule has 0 saturated heterocycles. The van der Waals surface area contributed by atoms with Crippen LogP contribution in [0.25, 0.3) is 6.08 Å². The van der Waals surface area contributed by atoms with Crippen LogP contribution in [0, 0.1) is 25.2 Å². The van der Waals surface area contributed by atoms with E-state index in [0.717, 1.165) is 16.0 Å². The number of nitriles is 1. The molecular formula is C27H23BrN2O6S. The lowest BCUT2D eigenvalue weighted by Crippen LogP contribution is -2.16. The second-order valence-corrected chi connectivity index (χ2v) is 9.89. The number of hydrogen-bond acceptors (Lipinski definition) is 7. The Balaban J connectivity index is 1.74. The molecule has 1 heterocycles. The molecule has 0 aliphatic rings. The van der Waals surface area contributed by atoms with E-state index in [0.29, 0.717) is 20.8 Å². The van der Waals surface area contributed by atoms with Gasteiger partial charge in [-0.05, 0) is 83.7 Å². The number of benzene rings is 2. The number of carboxylic acids is 1. The molecule has 0 aliphatic carbocycles. The van der Waals surface area contributed by atoms with E-state index < -0.39 is 17.8 Å². The highest BCUT2D eigenvalue weighted by molar-refractivity contribution is 9.10. The van der Waals surface area contributed by atoms with Gasteiger partial charge in [0.1, 0.15) is 29.0 Å². The maximum absolute atomic E-state index is 12.9. The van der Waals surface area contributed by atoms with Crippen molar-refractivity contribution in [2.24, 2.45) is 0 Å². The number of aromatic carboxylic acids is 1. The number of halogens is 1. The summed E-state index contributed by atoms with van der Waals surface area (Å²) in [4.78, 5) is 37.1. The van der Waals surface area contributed by atoms with Gasteiger partial charge in [0.15, 0.2) is 0 Å². The zero-order valence-corrected chi connectivity index (χ0v) is 22.7. The Bertz CT molecular complexity index is 1420. The van der Waals surface area contributed by atoms with Crippen LogP contribution in [0.1, 0.15) is 49.2 Å². The monoisotopic (exact) mass is 582 g/mol. The first-order valence-electron chi connectivity index (χ1n) is 11.1. The Kier molecular flexibility index (Phi) is 9.22. The largest absolute Gasteiger partial charge is 0.488 e. The number of hydrogen-bond donors (Lipinski definition) is 2. The smallest absolute Gasteiger partial charge is 0.341 e. The zero-order chi connectivity index (χ0) is 27.1. The highest BCUT2D eigenvalue weighted by Crippen LogP contribution is 2.33. The molecule has 8 nitrogen and oxygen atoms in total. The standard InChI is InChI=1S/C27H23BrN2O6S/c1-4-35-27(34)23-15(2)16(3)37-25(23)30-24(31)20(13-29)11-18-7-10-22(21(28)12-18)36-14-17-5-8-19(9-6-17)26(32)33/h5-12H,4,14H2,1-3H3,(H,30,31)(H,32,33)/b20-11+. The Morgan fingerprint density at radius 2 is 1.86 bits per heavy atom. The number of thiophene rings is 1. The second-order valence-electron chi connectivity index (χ2n) is 7.81. The zero-order valence-electron chi connectivity index (χ0n) is 20.3. The van der Waals surface area contributed by atoms with E-state index in [9.17, 15) is 19.6 Å². The number of amides is 1. The summed E-state index contributed by atoms with van der Waals surface area (Å²) in [5.41, 5.74) is 2.44. The Labute approximate surface area is 226 Å². The molecule has 1 amide bonds. The van der Waals surface area contributed by atoms with Crippen molar-refractivity contribution < 1.29 is 29.0 Å². The minimum atomic E-state index is -0.996. The number of rotatable bonds is 9. The topological polar surface area (TPSA) is 126 Å². The van der Waals surface area contributed by atoms with Crippen molar-refractivity contribution in [2.45, 2.75) is 27.4 Å². The molecule has 0 fully saturated rings. The van der Waals surface area contributed by atoms with Crippen LogP contribution in [0.3, 0.4) is 0 Å². The molecule has 3 rings (SSSR count). The highest BCUT2D eigenvalue weighted by Gasteiger charge is 2.23. The molecule has 190 valence electrons. The fourth-order valence-corrected chi connectivity index (χ4v) is 4.83. The number of nitrogens with one attached hydrogen (secondary N) is 1. The summed E-state index contributed by atoms with van der Waals surface area (Å²) >= 11 is 4.69. The summed E-state index contributed by atoms with van der Waals surface area (Å²) < 4.78 is 11.5. The molecule has 0 bridgehead atoms. The van der Waals surface area contributed by atoms with Crippen LogP contribution in [-0.2, 0) is 16.1 Å². The molecule has 37 heavy (non-hydrogen) atoms. The number of aryl methyl sites for hydroxylation is 1. The summed E-state index contributed by atoms with van der Waals surface area (Å²) in [6.45, 7) is 5.75. The number of esters is 1. The van der Waals surface area contributed by atoms with Crippen molar-refractivity contribution in [1.29, 1.82) is 5.26 Å². The maximum atomic E-state index is 12.9. The average Bonchev–Trinajstić information content (AvgIpc) is 3.14. The third-order valence-corrected chi connectivity index (χ3v) is 7.06. The first kappa shape index (κ1) is 27.6. The van der Waals surface area contributed by atoms with Crippen LogP contribution in [0.2, 0.25) is 0 Å². The number of ether oxygens (including phenoxy) is 2. The van der Waals surface area contributed by atoms with E-state index in [2.05, 4.69) is 21.2 Å². The molecule has 2 N–H and O–H groups in total. The van der Waals surface area contributed by atoms with Gasteiger partial charge < -0.3 is 19.9 Å². The maximum Gasteiger partial charge on any atom is 0.341 e. The van der Waals surface area contributed by atoms with Crippen molar-refractivity contribution in [2.75, 3.05) is 11.9 Å². The van der Waals surface area contributed by atoms with E-state index in [-0.39, 0.29) is 29.9 Å². The van der Waals surface area contributed by atoms with Crippen molar-refractivity contribution in [3.8, 4) is 11.8 Å². The van der Waals surface area contributed by atoms with Crippen molar-refractivity contribution >= 4 is 56.2 Å². The second kappa shape index (κ2) is 12.3. The minimum Gasteiger partial charge on any atom is -0.488 e. The highest BCUT2D eigenvalue weighted by atomic mass is 79.9. The third kappa shape index (κ3) is 6.84. The summed E-state index contributed by atoms with van der Waals surface area (Å²) in [5.74, 6) is -1.63. The van der Waals surface area contributed by atoms with Gasteiger partial charge in [0.25, 0.3) is 5.91 Å². The predicted octanol–water partition coefficient (Wildman–Crippen LogP) is 6.13. The van der Waals surface area contributed by atoms with Crippen molar-refractivity contribution in [1.82, 2.24) is 0 Å². The Morgan fingerprint density at radius 1 is 1.16 bits per heavy atom. The molecule has 2 aromatic carbocycles. The number of carboxylic acid groups (broad SMARTS) is 1. The van der Waals surface area contributed by atoms with Crippen molar-refractivity contribution in [3.63, 3.8) is 0 Å². The average molecular weight is 583 g/mol. The minimum absolute atomic E-state index is 0.141. The van der Waals surface area contributed by atoms with Gasteiger partial charge in [-0.15, -0.1) is 11.3 Å². The lowest BCUT2D eigenvalue weighted by Gasteiger charge is -2.10. The summed E-state index contributed by atoms with van der Waals surface area (Å²) in [5, 5.41) is 21.6. The quantitative estimate of drug-likeness (QED) is 0.176. The lowest BCUT2D eigenvalue weighted by molar-refractivity contribution is -0.112. The molecule has 10 heteroatoms. The van der Waals surface area contributed by atoms with Gasteiger partial charge in [0.2, 0.25) is 0 Å². The number of nitrogens with zero attached hydrogens (tertiary/aromatic N) is 1. The molecule has 0 atom stereocenters. The van der Waals surface area contributed by atoms with Crippen LogP contribution < -0.4 is 10.1 Å². The first-order chi connectivity index (χ1) is 17.6. The fourth-order valence-electron chi connectivity index (χ4n) is 3.28. The van der Waals surface area contributed by atoms with Crippen LogP contribution >= 0.6 is 27.3 Å². The normalized spacial score (nSPS) is 10.9. The first-order valence-corrected chi connectivity index (χ1v) is 12.7. The van der Waals surface area contributed by atoms with Gasteiger partial charge >= 0.3 is 11.9 Å². The van der Waals surface area contributed by atoms with Crippen molar-refractivity contribution in [3.05, 3.63) is 85.2 Å². The molecule has 0 spiro atoms. The molecular weight excluding hydrogens is 560 g/mol. The van der Waals surface area contributed by atoms with Gasteiger partial charge in [-0.3, -0.25) is 4.79 Å². The van der Waals surface area contributed by atoms with Gasteiger partial charge in [0, 0.05) is 4.88 Å². The molecule has 0 saturated carbocycles. The van der Waals surface area contributed by atoms with Crippen LogP contribution in [0.5, 0.6) is 5.75 Å². The van der Waals surface area contributed by atoms with Gasteiger partial charge in [0.05, 0.1) is 22.2 Å². The van der Waals surface area contributed by atoms with E-state index in [1.807, 2.05) is 13.0 Å². The van der Waals surface area contributed by atoms with E-state index in [4.69, 9.17) is 14.6 Å². The number of anilines is 1. The molecule has 0 aliphatic heterocycles. The summed E-state index contributed by atoms with van der Waals surface area (Å²) in [7, 11) is 0. The molecule has 1 aromatic heterocycles. The Hall–Kier alpha value is -3.94. The lowest BCUT2D eigenvalue weighted by atomic mass is 10.1. The van der Waals surface area contributed by atoms with Crippen LogP contribution in [0.4, 0.5) is 5.00 Å². The van der Waals surface area contributed by atoms with Crippen LogP contribution in [0.15, 0.2) is 52.5 Å². The predicted molar refractivity (Wildman–Crippen MR) is 144 cm³/mol. The fraction of sp³-hybridized carbons (Fsp3) is 0.185. The van der Waals surface area contributed by atoms with E-state index in [1.165, 1.54) is 29.5 Å². The van der Waals surface area contributed by atoms with Crippen LogP contribution in [-0.4, -0.2) is 29.6 Å². The van der Waals surface area contributed by atoms with Gasteiger partial charge in [-0.25, -0.2) is 9.59 Å². The number of carbonyl (C=O) groups excluding carboxylic acids is 2. The summed E-state index contributed by atoms with van der Waals surface area (Å²) in [6, 6.07) is 13.4. The third-order valence-electron chi connectivity index (χ3n) is 5.32. The number of carbonyl (C=O) groups is 3. The molecule has 3 aromatic rings. The molecule has 0 unspecified atom stereocenters. The molecule has 0 radical (unpaired) electrons. The SMILES string of the molecule is CCOC(=O)c1c(NC(=O)/C(C#N)=C/c2ccc(OCc3ccc(C(=O)O)cc3)c(Br)c2)sc(C)c1C. The van der Waals surface area contributed by atoms with Gasteiger partial charge in [-0.1, -0.05) is 18.2 Å². The van der Waals surface area contributed by atoms with E-state index in [1.54, 1.807) is 44.2 Å². The van der Waals surface area contributed by atoms with Gasteiger partial charge in [-0.2, -0.15) is 5.26 Å².